The van der Waals surface area contributed by atoms with Crippen molar-refractivity contribution in [1.29, 1.82) is 0 Å². The topological polar surface area (TPSA) is 92.9 Å². The summed E-state index contributed by atoms with van der Waals surface area (Å²) in [6.07, 6.45) is -0.849. The van der Waals surface area contributed by atoms with E-state index in [-0.39, 0.29) is 12.3 Å². The largest absolute Gasteiger partial charge is 0.388 e. The third kappa shape index (κ3) is 4.07. The van der Waals surface area contributed by atoms with Gasteiger partial charge in [0.1, 0.15) is 0 Å². The molecule has 1 aromatic heterocycles. The first-order valence-corrected chi connectivity index (χ1v) is 8.07. The number of benzene rings is 2. The monoisotopic (exact) mass is 337 g/mol. The molecule has 1 unspecified atom stereocenters. The van der Waals surface area contributed by atoms with Gasteiger partial charge in [-0.2, -0.15) is 0 Å². The van der Waals surface area contributed by atoms with Gasteiger partial charge in [0, 0.05) is 17.8 Å². The number of amides is 1. The van der Waals surface area contributed by atoms with Crippen LogP contribution in [0.25, 0.3) is 11.4 Å². The lowest BCUT2D eigenvalue weighted by atomic mass is 10.1. The van der Waals surface area contributed by atoms with Gasteiger partial charge in [-0.15, -0.1) is 5.10 Å². The molecule has 0 radical (unpaired) electrons. The fourth-order valence-electron chi connectivity index (χ4n) is 2.54. The number of aliphatic hydroxyl groups is 1. The number of carbonyl (C=O) groups is 1. The van der Waals surface area contributed by atoms with Gasteiger partial charge in [-0.25, -0.2) is 4.68 Å². The van der Waals surface area contributed by atoms with Crippen molar-refractivity contribution in [2.24, 2.45) is 0 Å². The Balaban J connectivity index is 1.69. The van der Waals surface area contributed by atoms with Crippen molar-refractivity contribution in [2.75, 3.05) is 5.32 Å². The molecule has 25 heavy (non-hydrogen) atoms. The van der Waals surface area contributed by atoms with E-state index in [1.54, 1.807) is 22.9 Å². The standard InChI is InChI=1S/C18H19N5O2/c1-2-23-18(20-21-22-23)14-9-6-10-15(11-14)19-17(25)12-16(24)13-7-4-3-5-8-13/h3-11,16,24H,2,12H2,1H3,(H,19,25). The summed E-state index contributed by atoms with van der Waals surface area (Å²) in [5.41, 5.74) is 2.16. The van der Waals surface area contributed by atoms with Crippen LogP contribution in [0.3, 0.4) is 0 Å². The summed E-state index contributed by atoms with van der Waals surface area (Å²) < 4.78 is 1.68. The molecule has 3 rings (SSSR count). The third-order valence-electron chi connectivity index (χ3n) is 3.80. The third-order valence-corrected chi connectivity index (χ3v) is 3.80. The zero-order valence-corrected chi connectivity index (χ0v) is 13.8. The number of aromatic nitrogens is 4. The number of aliphatic hydroxyl groups excluding tert-OH is 1. The number of hydrogen-bond acceptors (Lipinski definition) is 5. The second-order valence-electron chi connectivity index (χ2n) is 5.58. The van der Waals surface area contributed by atoms with E-state index < -0.39 is 6.10 Å². The SMILES string of the molecule is CCn1nnnc1-c1cccc(NC(=O)CC(O)c2ccccc2)c1. The molecular weight excluding hydrogens is 318 g/mol. The van der Waals surface area contributed by atoms with Gasteiger partial charge in [0.25, 0.3) is 0 Å². The average molecular weight is 337 g/mol. The molecule has 2 N–H and O–H groups in total. The van der Waals surface area contributed by atoms with Crippen LogP contribution in [0, 0.1) is 0 Å². The molecule has 1 heterocycles. The first kappa shape index (κ1) is 16.8. The van der Waals surface area contributed by atoms with Crippen LogP contribution in [-0.4, -0.2) is 31.2 Å². The van der Waals surface area contributed by atoms with E-state index in [4.69, 9.17) is 0 Å². The molecule has 0 saturated heterocycles. The van der Waals surface area contributed by atoms with Crippen molar-refractivity contribution < 1.29 is 9.90 Å². The number of nitrogens with one attached hydrogen (secondary N) is 1. The number of hydrogen-bond donors (Lipinski definition) is 2. The fraction of sp³-hybridized carbons (Fsp3) is 0.222. The highest BCUT2D eigenvalue weighted by Gasteiger charge is 2.14. The molecule has 2 aromatic carbocycles. The lowest BCUT2D eigenvalue weighted by Crippen LogP contribution is -2.15. The van der Waals surface area contributed by atoms with E-state index in [9.17, 15) is 9.90 Å². The van der Waals surface area contributed by atoms with Crippen LogP contribution in [0.15, 0.2) is 54.6 Å². The maximum atomic E-state index is 12.2. The van der Waals surface area contributed by atoms with Crippen molar-refractivity contribution in [3.8, 4) is 11.4 Å². The van der Waals surface area contributed by atoms with E-state index in [1.165, 1.54) is 0 Å². The predicted octanol–water partition coefficient (Wildman–Crippen LogP) is 2.42. The van der Waals surface area contributed by atoms with Crippen molar-refractivity contribution >= 4 is 11.6 Å². The average Bonchev–Trinajstić information content (AvgIpc) is 3.11. The van der Waals surface area contributed by atoms with Crippen molar-refractivity contribution in [3.63, 3.8) is 0 Å². The molecule has 7 heteroatoms. The van der Waals surface area contributed by atoms with Crippen LogP contribution < -0.4 is 5.32 Å². The molecule has 3 aromatic rings. The minimum Gasteiger partial charge on any atom is -0.388 e. The Kier molecular flexibility index (Phi) is 5.15. The van der Waals surface area contributed by atoms with Gasteiger partial charge in [0.15, 0.2) is 5.82 Å². The van der Waals surface area contributed by atoms with Gasteiger partial charge >= 0.3 is 0 Å². The summed E-state index contributed by atoms with van der Waals surface area (Å²) in [5, 5.41) is 24.6. The molecule has 128 valence electrons. The van der Waals surface area contributed by atoms with Crippen LogP contribution in [0.4, 0.5) is 5.69 Å². The summed E-state index contributed by atoms with van der Waals surface area (Å²) >= 11 is 0. The Labute approximate surface area is 145 Å². The van der Waals surface area contributed by atoms with E-state index in [2.05, 4.69) is 20.8 Å². The van der Waals surface area contributed by atoms with Crippen LogP contribution in [-0.2, 0) is 11.3 Å². The smallest absolute Gasteiger partial charge is 0.227 e. The molecule has 1 amide bonds. The summed E-state index contributed by atoms with van der Waals surface area (Å²) in [6, 6.07) is 16.4. The normalized spacial score (nSPS) is 11.9. The minimum atomic E-state index is -0.836. The molecule has 1 atom stereocenters. The first-order chi connectivity index (χ1) is 12.2. The molecule has 7 nitrogen and oxygen atoms in total. The summed E-state index contributed by atoms with van der Waals surface area (Å²) in [4.78, 5) is 12.2. The predicted molar refractivity (Wildman–Crippen MR) is 93.6 cm³/mol. The number of aryl methyl sites for hydroxylation is 1. The molecule has 0 aliphatic carbocycles. The van der Waals surface area contributed by atoms with Crippen LogP contribution >= 0.6 is 0 Å². The van der Waals surface area contributed by atoms with Gasteiger partial charge in [-0.05, 0) is 35.0 Å². The molecular formula is C18H19N5O2. The van der Waals surface area contributed by atoms with Gasteiger partial charge in [0.2, 0.25) is 5.91 Å². The van der Waals surface area contributed by atoms with Gasteiger partial charge < -0.3 is 10.4 Å². The minimum absolute atomic E-state index is 0.0130. The number of anilines is 1. The highest BCUT2D eigenvalue weighted by Crippen LogP contribution is 2.21. The lowest BCUT2D eigenvalue weighted by molar-refractivity contribution is -0.118. The Morgan fingerprint density at radius 2 is 2.00 bits per heavy atom. The molecule has 0 bridgehead atoms. The zero-order valence-electron chi connectivity index (χ0n) is 13.8. The van der Waals surface area contributed by atoms with Crippen molar-refractivity contribution in [2.45, 2.75) is 26.0 Å². The van der Waals surface area contributed by atoms with E-state index in [1.807, 2.05) is 43.3 Å². The first-order valence-electron chi connectivity index (χ1n) is 8.07. The Morgan fingerprint density at radius 1 is 1.20 bits per heavy atom. The van der Waals surface area contributed by atoms with Crippen molar-refractivity contribution in [1.82, 2.24) is 20.2 Å². The van der Waals surface area contributed by atoms with E-state index in [0.29, 0.717) is 23.6 Å². The number of carbonyl (C=O) groups excluding carboxylic acids is 1. The second-order valence-corrected chi connectivity index (χ2v) is 5.58. The lowest BCUT2D eigenvalue weighted by Gasteiger charge is -2.12. The number of rotatable bonds is 6. The number of tetrazole rings is 1. The highest BCUT2D eigenvalue weighted by atomic mass is 16.3. The van der Waals surface area contributed by atoms with Crippen LogP contribution in [0.2, 0.25) is 0 Å². The Hall–Kier alpha value is -3.06. The van der Waals surface area contributed by atoms with Gasteiger partial charge in [-0.1, -0.05) is 42.5 Å². The summed E-state index contributed by atoms with van der Waals surface area (Å²) in [7, 11) is 0. The zero-order chi connectivity index (χ0) is 17.6. The molecule has 0 aliphatic heterocycles. The fourth-order valence-corrected chi connectivity index (χ4v) is 2.54. The van der Waals surface area contributed by atoms with Gasteiger partial charge in [0.05, 0.1) is 12.5 Å². The van der Waals surface area contributed by atoms with Gasteiger partial charge in [-0.3, -0.25) is 4.79 Å². The Morgan fingerprint density at radius 3 is 2.76 bits per heavy atom. The molecule has 0 saturated carbocycles. The highest BCUT2D eigenvalue weighted by molar-refractivity contribution is 5.91. The molecule has 0 spiro atoms. The summed E-state index contributed by atoms with van der Waals surface area (Å²) in [6.45, 7) is 2.61. The van der Waals surface area contributed by atoms with E-state index >= 15 is 0 Å². The quantitative estimate of drug-likeness (QED) is 0.720. The maximum Gasteiger partial charge on any atom is 0.227 e. The Bertz CT molecular complexity index is 847. The van der Waals surface area contributed by atoms with Crippen molar-refractivity contribution in [3.05, 3.63) is 60.2 Å². The molecule has 0 aliphatic rings. The summed E-state index contributed by atoms with van der Waals surface area (Å²) in [5.74, 6) is 0.381. The second kappa shape index (κ2) is 7.67. The number of nitrogens with zero attached hydrogens (tertiary/aromatic N) is 4. The van der Waals surface area contributed by atoms with Crippen LogP contribution in [0.5, 0.6) is 0 Å². The van der Waals surface area contributed by atoms with E-state index in [0.717, 1.165) is 5.56 Å². The molecule has 0 fully saturated rings. The maximum absolute atomic E-state index is 12.2. The van der Waals surface area contributed by atoms with Crippen LogP contribution in [0.1, 0.15) is 25.0 Å².